The van der Waals surface area contributed by atoms with Crippen molar-refractivity contribution < 1.29 is 14.7 Å². The summed E-state index contributed by atoms with van der Waals surface area (Å²) in [6, 6.07) is 14.7. The van der Waals surface area contributed by atoms with E-state index < -0.39 is 17.4 Å². The highest BCUT2D eigenvalue weighted by Crippen LogP contribution is 2.51. The first kappa shape index (κ1) is 22.0. The van der Waals surface area contributed by atoms with E-state index in [1.54, 1.807) is 23.1 Å². The standard InChI is InChI=1S/C26H30ClNO3/c1-4-25(2,3)18-11-14-23(29)21(15-18)26(31)20-7-5-6-8-22(20)28(24(26)30)16-17-9-12-19(27)13-10-17/h5-10,12-13,18,21,31H,4,11,14-16H2,1-3H3/t18-,21+,26+/m1/s1. The molecule has 1 aliphatic carbocycles. The molecule has 4 rings (SSSR count). The molecule has 0 radical (unpaired) electrons. The largest absolute Gasteiger partial charge is 0.375 e. The molecule has 0 saturated heterocycles. The molecule has 2 aromatic carbocycles. The van der Waals surface area contributed by atoms with Gasteiger partial charge in [0.2, 0.25) is 0 Å². The number of halogens is 1. The van der Waals surface area contributed by atoms with Gasteiger partial charge in [-0.05, 0) is 47.9 Å². The summed E-state index contributed by atoms with van der Waals surface area (Å²) in [5.74, 6) is -0.852. The molecule has 0 aromatic heterocycles. The molecule has 1 heterocycles. The Morgan fingerprint density at radius 3 is 2.48 bits per heavy atom. The first-order valence-electron chi connectivity index (χ1n) is 11.1. The molecule has 1 aliphatic heterocycles. The van der Waals surface area contributed by atoms with Crippen LogP contribution in [0.1, 0.15) is 57.6 Å². The Morgan fingerprint density at radius 1 is 1.13 bits per heavy atom. The van der Waals surface area contributed by atoms with Crippen LogP contribution in [0.25, 0.3) is 0 Å². The lowest BCUT2D eigenvalue weighted by Gasteiger charge is -2.42. The highest BCUT2D eigenvalue weighted by molar-refractivity contribution is 6.30. The van der Waals surface area contributed by atoms with Gasteiger partial charge in [-0.3, -0.25) is 9.59 Å². The molecule has 1 saturated carbocycles. The van der Waals surface area contributed by atoms with E-state index in [1.807, 2.05) is 30.3 Å². The number of carbonyl (C=O) groups is 2. The summed E-state index contributed by atoms with van der Waals surface area (Å²) < 4.78 is 0. The molecule has 1 amide bonds. The number of nitrogens with zero attached hydrogens (tertiary/aromatic N) is 1. The zero-order valence-corrected chi connectivity index (χ0v) is 19.2. The van der Waals surface area contributed by atoms with E-state index in [0.29, 0.717) is 35.7 Å². The zero-order chi connectivity index (χ0) is 22.4. The number of ketones is 1. The van der Waals surface area contributed by atoms with Gasteiger partial charge in [0.05, 0.1) is 18.2 Å². The maximum atomic E-state index is 13.7. The van der Waals surface area contributed by atoms with Gasteiger partial charge in [0, 0.05) is 17.0 Å². The Balaban J connectivity index is 1.72. The predicted octanol–water partition coefficient (Wildman–Crippen LogP) is 5.50. The van der Waals surface area contributed by atoms with Gasteiger partial charge in [-0.1, -0.05) is 69.1 Å². The minimum atomic E-state index is -1.82. The van der Waals surface area contributed by atoms with Crippen LogP contribution < -0.4 is 4.90 Å². The van der Waals surface area contributed by atoms with E-state index in [2.05, 4.69) is 20.8 Å². The van der Waals surface area contributed by atoms with Crippen LogP contribution >= 0.6 is 11.6 Å². The van der Waals surface area contributed by atoms with Crippen molar-refractivity contribution in [1.82, 2.24) is 0 Å². The van der Waals surface area contributed by atoms with Gasteiger partial charge in [0.15, 0.2) is 5.60 Å². The topological polar surface area (TPSA) is 57.6 Å². The van der Waals surface area contributed by atoms with Crippen molar-refractivity contribution in [2.75, 3.05) is 4.90 Å². The number of fused-ring (bicyclic) bond motifs is 1. The van der Waals surface area contributed by atoms with Gasteiger partial charge in [-0.2, -0.15) is 0 Å². The Morgan fingerprint density at radius 2 is 1.81 bits per heavy atom. The number of Topliss-reactive ketones (excluding diaryl/α,β-unsaturated/α-hetero) is 1. The number of rotatable bonds is 5. The summed E-state index contributed by atoms with van der Waals surface area (Å²) >= 11 is 6.01. The van der Waals surface area contributed by atoms with Crippen LogP contribution in [0.3, 0.4) is 0 Å². The van der Waals surface area contributed by atoms with Crippen LogP contribution in [0.4, 0.5) is 5.69 Å². The van der Waals surface area contributed by atoms with Crippen molar-refractivity contribution in [3.8, 4) is 0 Å². The molecule has 0 spiro atoms. The van der Waals surface area contributed by atoms with E-state index in [4.69, 9.17) is 11.6 Å². The Bertz CT molecular complexity index is 1000. The number of amides is 1. The number of hydrogen-bond acceptors (Lipinski definition) is 3. The van der Waals surface area contributed by atoms with E-state index in [0.717, 1.165) is 18.4 Å². The first-order chi connectivity index (χ1) is 14.7. The number of hydrogen-bond donors (Lipinski definition) is 1. The molecule has 0 unspecified atom stereocenters. The maximum Gasteiger partial charge on any atom is 0.264 e. The number of benzene rings is 2. The van der Waals surface area contributed by atoms with Gasteiger partial charge >= 0.3 is 0 Å². The molecule has 2 aliphatic rings. The van der Waals surface area contributed by atoms with Crippen molar-refractivity contribution in [1.29, 1.82) is 0 Å². The lowest BCUT2D eigenvalue weighted by atomic mass is 9.62. The summed E-state index contributed by atoms with van der Waals surface area (Å²) in [5.41, 5.74) is 0.371. The molecule has 3 atom stereocenters. The SMILES string of the molecule is CCC(C)(C)[C@@H]1CCC(=O)[C@@H]([C@]2(O)C(=O)N(Cc3ccc(Cl)cc3)c3ccccc32)C1. The lowest BCUT2D eigenvalue weighted by Crippen LogP contribution is -2.51. The fraction of sp³-hybridized carbons (Fsp3) is 0.462. The molecule has 1 N–H and O–H groups in total. The van der Waals surface area contributed by atoms with E-state index >= 15 is 0 Å². The van der Waals surface area contributed by atoms with Crippen LogP contribution in [-0.4, -0.2) is 16.8 Å². The van der Waals surface area contributed by atoms with Gasteiger partial charge < -0.3 is 10.0 Å². The first-order valence-corrected chi connectivity index (χ1v) is 11.5. The van der Waals surface area contributed by atoms with Crippen LogP contribution in [0.2, 0.25) is 5.02 Å². The second kappa shape index (κ2) is 8.07. The van der Waals surface area contributed by atoms with Gasteiger partial charge in [-0.25, -0.2) is 0 Å². The zero-order valence-electron chi connectivity index (χ0n) is 18.4. The average Bonchev–Trinajstić information content (AvgIpc) is 2.98. The van der Waals surface area contributed by atoms with Crippen LogP contribution in [0, 0.1) is 17.3 Å². The molecule has 164 valence electrons. The van der Waals surface area contributed by atoms with Gasteiger partial charge in [-0.15, -0.1) is 0 Å². The monoisotopic (exact) mass is 439 g/mol. The highest BCUT2D eigenvalue weighted by atomic mass is 35.5. The number of carbonyl (C=O) groups excluding carboxylic acids is 2. The molecule has 31 heavy (non-hydrogen) atoms. The summed E-state index contributed by atoms with van der Waals surface area (Å²) in [6.07, 6.45) is 2.75. The molecule has 0 bridgehead atoms. The van der Waals surface area contributed by atoms with Crippen molar-refractivity contribution in [3.05, 3.63) is 64.7 Å². The summed E-state index contributed by atoms with van der Waals surface area (Å²) in [6.45, 7) is 6.90. The molecular formula is C26H30ClNO3. The third kappa shape index (κ3) is 3.70. The fourth-order valence-corrected chi connectivity index (χ4v) is 5.28. The van der Waals surface area contributed by atoms with E-state index in [-0.39, 0.29) is 17.1 Å². The third-order valence-corrected chi connectivity index (χ3v) is 7.85. The maximum absolute atomic E-state index is 13.7. The second-order valence-corrected chi connectivity index (χ2v) is 10.1. The van der Waals surface area contributed by atoms with E-state index in [1.165, 1.54) is 0 Å². The molecular weight excluding hydrogens is 410 g/mol. The second-order valence-electron chi connectivity index (χ2n) is 9.63. The summed E-state index contributed by atoms with van der Waals surface area (Å²) in [4.78, 5) is 28.4. The smallest absolute Gasteiger partial charge is 0.264 e. The molecule has 4 nitrogen and oxygen atoms in total. The third-order valence-electron chi connectivity index (χ3n) is 7.60. The Labute approximate surface area is 189 Å². The average molecular weight is 440 g/mol. The minimum Gasteiger partial charge on any atom is -0.375 e. The number of aliphatic hydroxyl groups is 1. The van der Waals surface area contributed by atoms with Crippen molar-refractivity contribution in [2.45, 2.75) is 58.6 Å². The Hall–Kier alpha value is -2.17. The molecule has 5 heteroatoms. The van der Waals surface area contributed by atoms with Crippen molar-refractivity contribution in [2.24, 2.45) is 17.3 Å². The lowest BCUT2D eigenvalue weighted by molar-refractivity contribution is -0.155. The number of para-hydroxylation sites is 1. The summed E-state index contributed by atoms with van der Waals surface area (Å²) in [7, 11) is 0. The van der Waals surface area contributed by atoms with Crippen molar-refractivity contribution >= 4 is 29.0 Å². The molecule has 2 aromatic rings. The van der Waals surface area contributed by atoms with Crippen LogP contribution in [0.15, 0.2) is 48.5 Å². The van der Waals surface area contributed by atoms with Crippen molar-refractivity contribution in [3.63, 3.8) is 0 Å². The fourth-order valence-electron chi connectivity index (χ4n) is 5.15. The Kier molecular flexibility index (Phi) is 5.74. The van der Waals surface area contributed by atoms with Crippen LogP contribution in [0.5, 0.6) is 0 Å². The summed E-state index contributed by atoms with van der Waals surface area (Å²) in [5, 5.41) is 12.6. The van der Waals surface area contributed by atoms with Crippen LogP contribution in [-0.2, 0) is 21.7 Å². The normalized spacial score (nSPS) is 26.3. The molecule has 1 fully saturated rings. The quantitative estimate of drug-likeness (QED) is 0.669. The minimum absolute atomic E-state index is 0.0119. The number of anilines is 1. The van der Waals surface area contributed by atoms with Gasteiger partial charge in [0.1, 0.15) is 5.78 Å². The highest BCUT2D eigenvalue weighted by Gasteiger charge is 2.58. The van der Waals surface area contributed by atoms with E-state index in [9.17, 15) is 14.7 Å². The predicted molar refractivity (Wildman–Crippen MR) is 123 cm³/mol. The van der Waals surface area contributed by atoms with Gasteiger partial charge in [0.25, 0.3) is 5.91 Å².